The van der Waals surface area contributed by atoms with Gasteiger partial charge in [0.1, 0.15) is 11.5 Å². The maximum absolute atomic E-state index is 12.2. The van der Waals surface area contributed by atoms with Crippen LogP contribution >= 0.6 is 11.6 Å². The maximum atomic E-state index is 12.2. The zero-order valence-electron chi connectivity index (χ0n) is 15.9. The third-order valence-corrected chi connectivity index (χ3v) is 4.82. The van der Waals surface area contributed by atoms with Gasteiger partial charge in [-0.05, 0) is 48.0 Å². The Labute approximate surface area is 174 Å². The molecule has 0 fully saturated rings. The lowest BCUT2D eigenvalue weighted by Gasteiger charge is -2.09. The van der Waals surface area contributed by atoms with Crippen molar-refractivity contribution in [3.8, 4) is 11.5 Å². The molecule has 11 heteroatoms. The Morgan fingerprint density at radius 1 is 1.21 bits per heavy atom. The largest absolute Gasteiger partial charge is 0.495 e. The molecular weight excluding hydrogens is 422 g/mol. The van der Waals surface area contributed by atoms with Gasteiger partial charge in [0.2, 0.25) is 0 Å². The molecule has 0 heterocycles. The summed E-state index contributed by atoms with van der Waals surface area (Å²) in [5.74, 6) is 0.448. The van der Waals surface area contributed by atoms with E-state index in [1.807, 2.05) is 31.2 Å². The van der Waals surface area contributed by atoms with Gasteiger partial charge >= 0.3 is 10.1 Å². The molecule has 0 saturated carbocycles. The van der Waals surface area contributed by atoms with Crippen LogP contribution in [0.5, 0.6) is 11.5 Å². The van der Waals surface area contributed by atoms with Crippen molar-refractivity contribution in [1.29, 1.82) is 0 Å². The summed E-state index contributed by atoms with van der Waals surface area (Å²) < 4.78 is 39.6. The molecule has 0 amide bonds. The molecule has 0 aliphatic rings. The third-order valence-electron chi connectivity index (χ3n) is 3.45. The predicted molar refractivity (Wildman–Crippen MR) is 108 cm³/mol. The predicted octanol–water partition coefficient (Wildman–Crippen LogP) is 2.58. The van der Waals surface area contributed by atoms with Crippen LogP contribution in [0.4, 0.5) is 0 Å². The quantitative estimate of drug-likeness (QED) is 0.249. The highest BCUT2D eigenvalue weighted by Gasteiger charge is 2.22. The SMILES string of the molecule is COc1ccc(Cl)cc1S(=O)(=O)ON=C(N)NOCCCOc1cccc(C)c1. The van der Waals surface area contributed by atoms with Crippen LogP contribution in [0.1, 0.15) is 12.0 Å². The minimum absolute atomic E-state index is 0.0565. The van der Waals surface area contributed by atoms with Gasteiger partial charge in [-0.3, -0.25) is 9.12 Å². The Balaban J connectivity index is 1.76. The van der Waals surface area contributed by atoms with Crippen molar-refractivity contribution >= 4 is 27.7 Å². The van der Waals surface area contributed by atoms with E-state index in [1.54, 1.807) is 0 Å². The summed E-state index contributed by atoms with van der Waals surface area (Å²) in [5.41, 5.74) is 8.90. The number of rotatable bonds is 10. The lowest BCUT2D eigenvalue weighted by Crippen LogP contribution is -2.32. The van der Waals surface area contributed by atoms with Crippen LogP contribution in [0.15, 0.2) is 52.5 Å². The number of nitrogens with one attached hydrogen (secondary N) is 1. The summed E-state index contributed by atoms with van der Waals surface area (Å²) >= 11 is 5.82. The topological polar surface area (TPSA) is 121 Å². The van der Waals surface area contributed by atoms with E-state index in [-0.39, 0.29) is 28.2 Å². The van der Waals surface area contributed by atoms with E-state index in [1.165, 1.54) is 25.3 Å². The zero-order chi connectivity index (χ0) is 21.3. The number of nitrogens with two attached hydrogens (primary N) is 1. The van der Waals surface area contributed by atoms with E-state index in [9.17, 15) is 8.42 Å². The fourth-order valence-electron chi connectivity index (χ4n) is 2.15. The number of ether oxygens (including phenoxy) is 2. The highest BCUT2D eigenvalue weighted by molar-refractivity contribution is 7.86. The number of nitrogens with zero attached hydrogens (tertiary/aromatic N) is 1. The van der Waals surface area contributed by atoms with E-state index in [4.69, 9.17) is 31.6 Å². The number of aryl methyl sites for hydroxylation is 1. The Bertz CT molecular complexity index is 952. The van der Waals surface area contributed by atoms with Gasteiger partial charge in [-0.2, -0.15) is 8.42 Å². The minimum Gasteiger partial charge on any atom is -0.495 e. The first-order chi connectivity index (χ1) is 13.8. The van der Waals surface area contributed by atoms with E-state index < -0.39 is 10.1 Å². The van der Waals surface area contributed by atoms with Gasteiger partial charge < -0.3 is 15.2 Å². The molecule has 0 saturated heterocycles. The van der Waals surface area contributed by atoms with Crippen LogP contribution in [0.25, 0.3) is 0 Å². The Morgan fingerprint density at radius 3 is 2.72 bits per heavy atom. The number of guanidine groups is 1. The van der Waals surface area contributed by atoms with Crippen LogP contribution in [0, 0.1) is 6.92 Å². The van der Waals surface area contributed by atoms with Crippen molar-refractivity contribution in [2.45, 2.75) is 18.2 Å². The molecule has 2 rings (SSSR count). The number of oxime groups is 1. The molecule has 0 aliphatic heterocycles. The maximum Gasteiger partial charge on any atom is 0.362 e. The molecule has 158 valence electrons. The van der Waals surface area contributed by atoms with Crippen molar-refractivity contribution in [3.63, 3.8) is 0 Å². The highest BCUT2D eigenvalue weighted by Crippen LogP contribution is 2.28. The summed E-state index contributed by atoms with van der Waals surface area (Å²) in [7, 11) is -2.97. The molecular formula is C18H22ClN3O6S. The van der Waals surface area contributed by atoms with E-state index in [0.29, 0.717) is 13.0 Å². The molecule has 2 aromatic carbocycles. The van der Waals surface area contributed by atoms with Crippen molar-refractivity contribution in [3.05, 3.63) is 53.1 Å². The molecule has 0 aromatic heterocycles. The van der Waals surface area contributed by atoms with Crippen LogP contribution < -0.4 is 20.7 Å². The summed E-state index contributed by atoms with van der Waals surface area (Å²) in [6.45, 7) is 2.66. The fourth-order valence-corrected chi connectivity index (χ4v) is 3.31. The van der Waals surface area contributed by atoms with Gasteiger partial charge in [-0.15, -0.1) is 0 Å². The summed E-state index contributed by atoms with van der Waals surface area (Å²) in [6, 6.07) is 11.7. The standard InChI is InChI=1S/C18H22ClN3O6S/c1-13-5-3-6-15(11-13)26-9-4-10-27-21-18(20)22-28-29(23,24)17-12-14(19)7-8-16(17)25-2/h3,5-8,11-12H,4,9-10H2,1-2H3,(H3,20,21,22). The van der Waals surface area contributed by atoms with E-state index in [2.05, 4.69) is 14.9 Å². The van der Waals surface area contributed by atoms with Gasteiger partial charge in [0.25, 0.3) is 5.96 Å². The Morgan fingerprint density at radius 2 is 2.00 bits per heavy atom. The second-order valence-electron chi connectivity index (χ2n) is 5.77. The fraction of sp³-hybridized carbons (Fsp3) is 0.278. The molecule has 0 bridgehead atoms. The molecule has 3 N–H and O–H groups in total. The van der Waals surface area contributed by atoms with Crippen LogP contribution in [0.2, 0.25) is 5.02 Å². The number of halogens is 1. The van der Waals surface area contributed by atoms with Crippen molar-refractivity contribution in [2.75, 3.05) is 20.3 Å². The number of methoxy groups -OCH3 is 1. The first-order valence-electron chi connectivity index (χ1n) is 8.50. The monoisotopic (exact) mass is 443 g/mol. The summed E-state index contributed by atoms with van der Waals surface area (Å²) in [5, 5.41) is 3.49. The third kappa shape index (κ3) is 7.33. The van der Waals surface area contributed by atoms with Crippen molar-refractivity contribution in [2.24, 2.45) is 10.9 Å². The first kappa shape index (κ1) is 22.6. The number of hydrogen-bond donors (Lipinski definition) is 2. The normalized spacial score (nSPS) is 11.8. The van der Waals surface area contributed by atoms with E-state index in [0.717, 1.165) is 11.3 Å². The molecule has 2 aromatic rings. The van der Waals surface area contributed by atoms with Gasteiger partial charge in [-0.25, -0.2) is 5.48 Å². The lowest BCUT2D eigenvalue weighted by molar-refractivity contribution is 0.0719. The van der Waals surface area contributed by atoms with Crippen LogP contribution in [-0.2, 0) is 19.2 Å². The number of benzene rings is 2. The van der Waals surface area contributed by atoms with Crippen LogP contribution in [0.3, 0.4) is 0 Å². The Kier molecular flexibility index (Phi) is 8.37. The molecule has 0 spiro atoms. The van der Waals surface area contributed by atoms with Gasteiger partial charge in [0.05, 0.1) is 20.3 Å². The zero-order valence-corrected chi connectivity index (χ0v) is 17.5. The van der Waals surface area contributed by atoms with Gasteiger partial charge in [0, 0.05) is 11.4 Å². The van der Waals surface area contributed by atoms with E-state index >= 15 is 0 Å². The van der Waals surface area contributed by atoms with Gasteiger partial charge in [-0.1, -0.05) is 23.7 Å². The van der Waals surface area contributed by atoms with Crippen LogP contribution in [-0.4, -0.2) is 34.7 Å². The lowest BCUT2D eigenvalue weighted by atomic mass is 10.2. The smallest absolute Gasteiger partial charge is 0.362 e. The van der Waals surface area contributed by atoms with Gasteiger partial charge in [0.15, 0.2) is 4.90 Å². The van der Waals surface area contributed by atoms with Crippen molar-refractivity contribution < 1.29 is 27.0 Å². The average molecular weight is 444 g/mol. The number of hydrogen-bond acceptors (Lipinski definition) is 7. The summed E-state index contributed by atoms with van der Waals surface area (Å²) in [6.07, 6.45) is 0.563. The van der Waals surface area contributed by atoms with Crippen molar-refractivity contribution in [1.82, 2.24) is 5.48 Å². The molecule has 0 aliphatic carbocycles. The molecule has 29 heavy (non-hydrogen) atoms. The molecule has 0 radical (unpaired) electrons. The molecule has 0 unspecified atom stereocenters. The number of hydroxylamine groups is 1. The highest BCUT2D eigenvalue weighted by atomic mass is 35.5. The first-order valence-corrected chi connectivity index (χ1v) is 10.3. The second kappa shape index (κ2) is 10.7. The Hall–Kier alpha value is -2.69. The summed E-state index contributed by atoms with van der Waals surface area (Å²) in [4.78, 5) is 4.81. The average Bonchev–Trinajstić information content (AvgIpc) is 2.69. The molecule has 0 atom stereocenters. The second-order valence-corrected chi connectivity index (χ2v) is 7.70. The molecule has 9 nitrogen and oxygen atoms in total. The minimum atomic E-state index is -4.29.